The molecule has 0 spiro atoms. The van der Waals surface area contributed by atoms with Gasteiger partial charge in [0.15, 0.2) is 29.2 Å². The lowest BCUT2D eigenvalue weighted by atomic mass is 9.90. The summed E-state index contributed by atoms with van der Waals surface area (Å²) in [6, 6.07) is 7.99. The SMILES string of the molecule is COc1cc2c(cc1OC)C1=NO[C@@H](CN3CCN(C/C(C)=C/c4cccc(F)c4F)CC3)[C@@H]1CO2. The van der Waals surface area contributed by atoms with Gasteiger partial charge in [-0.05, 0) is 19.1 Å². The van der Waals surface area contributed by atoms with Crippen LogP contribution < -0.4 is 14.2 Å². The second kappa shape index (κ2) is 10.4. The molecule has 9 heteroatoms. The molecule has 2 aromatic rings. The van der Waals surface area contributed by atoms with Gasteiger partial charge < -0.3 is 19.0 Å². The van der Waals surface area contributed by atoms with Crippen LogP contribution in [0.1, 0.15) is 18.1 Å². The number of piperazine rings is 1. The Morgan fingerprint density at radius 1 is 1.08 bits per heavy atom. The first-order chi connectivity index (χ1) is 17.5. The van der Waals surface area contributed by atoms with Crippen LogP contribution in [0.4, 0.5) is 8.78 Å². The molecule has 5 rings (SSSR count). The molecule has 3 heterocycles. The molecule has 1 fully saturated rings. The highest BCUT2D eigenvalue weighted by Gasteiger charge is 2.41. The highest BCUT2D eigenvalue weighted by Crippen LogP contribution is 2.41. The van der Waals surface area contributed by atoms with E-state index in [4.69, 9.17) is 19.0 Å². The third kappa shape index (κ3) is 4.90. The van der Waals surface area contributed by atoms with Crippen molar-refractivity contribution in [3.63, 3.8) is 0 Å². The number of rotatable bonds is 7. The number of hydrogen-bond donors (Lipinski definition) is 0. The Bertz CT molecular complexity index is 1180. The van der Waals surface area contributed by atoms with Crippen LogP contribution in [0.15, 0.2) is 41.1 Å². The fourth-order valence-corrected chi connectivity index (χ4v) is 5.08. The second-order valence-corrected chi connectivity index (χ2v) is 9.45. The molecule has 0 amide bonds. The van der Waals surface area contributed by atoms with Gasteiger partial charge in [-0.3, -0.25) is 9.80 Å². The first kappa shape index (κ1) is 24.5. The van der Waals surface area contributed by atoms with Crippen LogP contribution in [0.3, 0.4) is 0 Å². The standard InChI is InChI=1S/C27H31F2N3O4/c1-17(11-18-5-4-6-21(28)26(18)29)14-31-7-9-32(10-8-31)15-25-20-16-35-22-13-24(34-3)23(33-2)12-19(22)27(20)30-36-25/h4-6,11-13,20,25H,7-10,14-16H2,1-3H3/b17-11+/t20-,25-/m0/s1. The molecule has 3 aliphatic rings. The Labute approximate surface area is 209 Å². The van der Waals surface area contributed by atoms with Crippen molar-refractivity contribution in [2.75, 3.05) is 60.1 Å². The zero-order valence-corrected chi connectivity index (χ0v) is 20.8. The molecule has 2 atom stereocenters. The lowest BCUT2D eigenvalue weighted by molar-refractivity contribution is 0.0101. The summed E-state index contributed by atoms with van der Waals surface area (Å²) in [5.74, 6) is 0.410. The summed E-state index contributed by atoms with van der Waals surface area (Å²) in [5, 5.41) is 4.42. The van der Waals surface area contributed by atoms with E-state index >= 15 is 0 Å². The zero-order chi connectivity index (χ0) is 25.2. The maximum absolute atomic E-state index is 14.0. The number of hydrogen-bond acceptors (Lipinski definition) is 7. The summed E-state index contributed by atoms with van der Waals surface area (Å²) >= 11 is 0. The van der Waals surface area contributed by atoms with Gasteiger partial charge >= 0.3 is 0 Å². The van der Waals surface area contributed by atoms with Crippen LogP contribution in [0, 0.1) is 17.6 Å². The van der Waals surface area contributed by atoms with Crippen molar-refractivity contribution in [1.82, 2.24) is 9.80 Å². The zero-order valence-electron chi connectivity index (χ0n) is 20.8. The number of methoxy groups -OCH3 is 2. The Hall–Kier alpha value is -3.17. The van der Waals surface area contributed by atoms with Crippen molar-refractivity contribution in [1.29, 1.82) is 0 Å². The van der Waals surface area contributed by atoms with Crippen molar-refractivity contribution in [2.45, 2.75) is 13.0 Å². The number of nitrogens with zero attached hydrogens (tertiary/aromatic N) is 3. The average Bonchev–Trinajstić information content (AvgIpc) is 3.30. The molecule has 3 aliphatic heterocycles. The van der Waals surface area contributed by atoms with Gasteiger partial charge in [0, 0.05) is 56.5 Å². The molecule has 192 valence electrons. The molecule has 7 nitrogen and oxygen atoms in total. The van der Waals surface area contributed by atoms with E-state index in [9.17, 15) is 8.78 Å². The largest absolute Gasteiger partial charge is 0.493 e. The van der Waals surface area contributed by atoms with Crippen LogP contribution in [-0.4, -0.2) is 81.7 Å². The third-order valence-corrected chi connectivity index (χ3v) is 7.03. The van der Waals surface area contributed by atoms with Gasteiger partial charge in [-0.1, -0.05) is 28.9 Å². The molecular weight excluding hydrogens is 468 g/mol. The first-order valence-electron chi connectivity index (χ1n) is 12.2. The fourth-order valence-electron chi connectivity index (χ4n) is 5.08. The van der Waals surface area contributed by atoms with E-state index in [1.54, 1.807) is 26.4 Å². The van der Waals surface area contributed by atoms with Crippen LogP contribution in [-0.2, 0) is 4.84 Å². The molecule has 0 N–H and O–H groups in total. The minimum Gasteiger partial charge on any atom is -0.493 e. The number of fused-ring (bicyclic) bond motifs is 3. The van der Waals surface area contributed by atoms with Crippen molar-refractivity contribution < 1.29 is 27.8 Å². The number of halogens is 2. The van der Waals surface area contributed by atoms with Crippen molar-refractivity contribution in [3.8, 4) is 17.2 Å². The molecule has 0 bridgehead atoms. The van der Waals surface area contributed by atoms with Gasteiger partial charge in [-0.15, -0.1) is 0 Å². The highest BCUT2D eigenvalue weighted by atomic mass is 19.2. The van der Waals surface area contributed by atoms with Gasteiger partial charge in [-0.2, -0.15) is 0 Å². The lowest BCUT2D eigenvalue weighted by Crippen LogP contribution is -2.50. The van der Waals surface area contributed by atoms with Crippen molar-refractivity contribution in [3.05, 3.63) is 58.7 Å². The van der Waals surface area contributed by atoms with E-state index in [0.717, 1.165) is 67.9 Å². The summed E-state index contributed by atoms with van der Waals surface area (Å²) < 4.78 is 44.3. The number of oxime groups is 1. The Morgan fingerprint density at radius 3 is 2.56 bits per heavy atom. The molecule has 1 saturated heterocycles. The van der Waals surface area contributed by atoms with Crippen LogP contribution in [0.25, 0.3) is 6.08 Å². The van der Waals surface area contributed by atoms with Crippen molar-refractivity contribution in [2.24, 2.45) is 11.1 Å². The predicted molar refractivity (Wildman–Crippen MR) is 133 cm³/mol. The van der Waals surface area contributed by atoms with E-state index in [0.29, 0.717) is 18.1 Å². The highest BCUT2D eigenvalue weighted by molar-refractivity contribution is 6.06. The molecule has 0 aromatic heterocycles. The quantitative estimate of drug-likeness (QED) is 0.578. The van der Waals surface area contributed by atoms with Crippen LogP contribution in [0.2, 0.25) is 0 Å². The third-order valence-electron chi connectivity index (χ3n) is 7.03. The summed E-state index contributed by atoms with van der Waals surface area (Å²) in [4.78, 5) is 10.6. The Kier molecular flexibility index (Phi) is 7.11. The van der Waals surface area contributed by atoms with Gasteiger partial charge in [0.05, 0.1) is 20.1 Å². The maximum Gasteiger partial charge on any atom is 0.166 e. The second-order valence-electron chi connectivity index (χ2n) is 9.45. The minimum absolute atomic E-state index is 0.0555. The summed E-state index contributed by atoms with van der Waals surface area (Å²) in [7, 11) is 3.21. The average molecular weight is 500 g/mol. The lowest BCUT2D eigenvalue weighted by Gasteiger charge is -2.36. The minimum atomic E-state index is -0.822. The first-order valence-corrected chi connectivity index (χ1v) is 12.2. The maximum atomic E-state index is 14.0. The topological polar surface area (TPSA) is 55.8 Å². The number of ether oxygens (including phenoxy) is 3. The molecular formula is C27H31F2N3O4. The van der Waals surface area contributed by atoms with Gasteiger partial charge in [0.1, 0.15) is 18.1 Å². The smallest absolute Gasteiger partial charge is 0.166 e. The monoisotopic (exact) mass is 499 g/mol. The van der Waals surface area contributed by atoms with E-state index in [2.05, 4.69) is 15.0 Å². The molecule has 0 saturated carbocycles. The predicted octanol–water partition coefficient (Wildman–Crippen LogP) is 3.81. The van der Waals surface area contributed by atoms with Crippen LogP contribution >= 0.6 is 0 Å². The molecule has 0 aliphatic carbocycles. The van der Waals surface area contributed by atoms with Gasteiger partial charge in [0.25, 0.3) is 0 Å². The Morgan fingerprint density at radius 2 is 1.81 bits per heavy atom. The van der Waals surface area contributed by atoms with E-state index in [1.807, 2.05) is 19.1 Å². The normalized spacial score (nSPS) is 22.2. The summed E-state index contributed by atoms with van der Waals surface area (Å²) in [5.41, 5.74) is 3.06. The van der Waals surface area contributed by atoms with E-state index < -0.39 is 11.6 Å². The molecule has 2 aromatic carbocycles. The summed E-state index contributed by atoms with van der Waals surface area (Å²) in [6.07, 6.45) is 1.65. The van der Waals surface area contributed by atoms with E-state index in [1.165, 1.54) is 6.07 Å². The van der Waals surface area contributed by atoms with Gasteiger partial charge in [0.2, 0.25) is 0 Å². The fraction of sp³-hybridized carbons (Fsp3) is 0.444. The molecule has 0 unspecified atom stereocenters. The van der Waals surface area contributed by atoms with Gasteiger partial charge in [-0.25, -0.2) is 8.78 Å². The number of benzene rings is 2. The Balaban J connectivity index is 1.15. The van der Waals surface area contributed by atoms with Crippen LogP contribution in [0.5, 0.6) is 17.2 Å². The van der Waals surface area contributed by atoms with Crippen molar-refractivity contribution >= 4 is 11.8 Å². The molecule has 36 heavy (non-hydrogen) atoms. The van der Waals surface area contributed by atoms with E-state index in [-0.39, 0.29) is 17.6 Å². The summed E-state index contributed by atoms with van der Waals surface area (Å²) in [6.45, 7) is 7.50. The molecule has 0 radical (unpaired) electrons.